The van der Waals surface area contributed by atoms with Gasteiger partial charge in [-0.2, -0.15) is 4.99 Å². The fourth-order valence-corrected chi connectivity index (χ4v) is 0.681. The molecular formula is C10H22N6. The molecule has 0 spiro atoms. The molecule has 0 aromatic rings. The molecule has 0 radical (unpaired) electrons. The number of rotatable bonds is 2. The molecule has 0 aromatic carbocycles. The lowest BCUT2D eigenvalue weighted by molar-refractivity contribution is 0.476. The van der Waals surface area contributed by atoms with Gasteiger partial charge in [0, 0.05) is 42.3 Å². The number of hydrogen-bond acceptors (Lipinski definition) is 2. The van der Waals surface area contributed by atoms with Gasteiger partial charge in [0.15, 0.2) is 0 Å². The van der Waals surface area contributed by atoms with Crippen molar-refractivity contribution in [1.29, 1.82) is 5.41 Å². The van der Waals surface area contributed by atoms with Crippen molar-refractivity contribution < 1.29 is 0 Å². The van der Waals surface area contributed by atoms with E-state index in [1.54, 1.807) is 23.9 Å². The molecule has 0 aliphatic heterocycles. The van der Waals surface area contributed by atoms with E-state index in [-0.39, 0.29) is 5.96 Å². The Balaban J connectivity index is 4.76. The molecular weight excluding hydrogens is 204 g/mol. The smallest absolute Gasteiger partial charge is 0.220 e. The predicted molar refractivity (Wildman–Crippen MR) is 68.5 cm³/mol. The number of nitrogens with zero attached hydrogens (tertiary/aromatic N) is 4. The van der Waals surface area contributed by atoms with Crippen molar-refractivity contribution in [3.63, 3.8) is 0 Å². The summed E-state index contributed by atoms with van der Waals surface area (Å²) >= 11 is 0. The summed E-state index contributed by atoms with van der Waals surface area (Å²) in [6.07, 6.45) is 0. The Kier molecular flexibility index (Phi) is 5.35. The van der Waals surface area contributed by atoms with E-state index in [1.165, 1.54) is 0 Å². The molecule has 0 aliphatic carbocycles. The van der Waals surface area contributed by atoms with Crippen molar-refractivity contribution in [2.45, 2.75) is 0 Å². The van der Waals surface area contributed by atoms with Crippen molar-refractivity contribution in [2.75, 3.05) is 42.3 Å². The third-order valence-electron chi connectivity index (χ3n) is 1.85. The molecule has 16 heavy (non-hydrogen) atoms. The molecule has 0 aliphatic rings. The predicted octanol–water partition coefficient (Wildman–Crippen LogP) is 0.0228. The van der Waals surface area contributed by atoms with E-state index in [2.05, 4.69) is 16.9 Å². The summed E-state index contributed by atoms with van der Waals surface area (Å²) in [6.45, 7) is 3.85. The molecule has 0 aromatic heterocycles. The van der Waals surface area contributed by atoms with Crippen LogP contribution in [0.25, 0.3) is 0 Å². The minimum Gasteiger partial charge on any atom is -0.365 e. The van der Waals surface area contributed by atoms with Gasteiger partial charge in [-0.3, -0.25) is 5.41 Å². The van der Waals surface area contributed by atoms with Crippen LogP contribution in [0.4, 0.5) is 0 Å². The first kappa shape index (κ1) is 14.3. The minimum absolute atomic E-state index is 0.183. The van der Waals surface area contributed by atoms with Crippen molar-refractivity contribution in [1.82, 2.24) is 20.0 Å². The summed E-state index contributed by atoms with van der Waals surface area (Å²) in [6, 6.07) is 0. The number of nitrogens with one attached hydrogen (secondary N) is 2. The highest BCUT2D eigenvalue weighted by molar-refractivity contribution is 5.93. The molecule has 0 heterocycles. The van der Waals surface area contributed by atoms with Crippen molar-refractivity contribution in [3.8, 4) is 0 Å². The maximum absolute atomic E-state index is 7.65. The molecule has 92 valence electrons. The highest BCUT2D eigenvalue weighted by atomic mass is 15.4. The van der Waals surface area contributed by atoms with E-state index < -0.39 is 0 Å². The Labute approximate surface area is 97.7 Å². The van der Waals surface area contributed by atoms with Gasteiger partial charge >= 0.3 is 0 Å². The lowest BCUT2D eigenvalue weighted by atomic mass is 10.6. The molecule has 2 N–H and O–H groups in total. The first-order chi connectivity index (χ1) is 7.25. The van der Waals surface area contributed by atoms with Gasteiger partial charge in [-0.15, -0.1) is 0 Å². The topological polar surface area (TPSA) is 58.0 Å². The van der Waals surface area contributed by atoms with Crippen LogP contribution in [-0.4, -0.2) is 68.9 Å². The average Bonchev–Trinajstić information content (AvgIpc) is 2.15. The van der Waals surface area contributed by atoms with Crippen LogP contribution < -0.4 is 5.32 Å². The van der Waals surface area contributed by atoms with Crippen molar-refractivity contribution in [2.24, 2.45) is 4.99 Å². The molecule has 0 fully saturated rings. The maximum Gasteiger partial charge on any atom is 0.220 e. The lowest BCUT2D eigenvalue weighted by Gasteiger charge is -2.23. The van der Waals surface area contributed by atoms with E-state index in [4.69, 9.17) is 5.41 Å². The van der Waals surface area contributed by atoms with Gasteiger partial charge < -0.3 is 20.0 Å². The molecule has 0 saturated heterocycles. The summed E-state index contributed by atoms with van der Waals surface area (Å²) in [5, 5.41) is 10.7. The van der Waals surface area contributed by atoms with Crippen LogP contribution in [0.2, 0.25) is 0 Å². The second-order valence-electron chi connectivity index (χ2n) is 4.01. The zero-order valence-corrected chi connectivity index (χ0v) is 11.0. The monoisotopic (exact) mass is 226 g/mol. The van der Waals surface area contributed by atoms with E-state index in [0.29, 0.717) is 5.96 Å². The third-order valence-corrected chi connectivity index (χ3v) is 1.85. The van der Waals surface area contributed by atoms with E-state index >= 15 is 0 Å². The van der Waals surface area contributed by atoms with Crippen LogP contribution in [0, 0.1) is 5.41 Å². The standard InChI is InChI=1S/C10H22N6/c1-8(14(2)3)12-10(16(6)7)13-9(11)15(4)5/h1H2,2-7H3,(H2,11,12,13). The van der Waals surface area contributed by atoms with Gasteiger partial charge in [-0.25, -0.2) is 0 Å². The van der Waals surface area contributed by atoms with Crippen LogP contribution in [0.1, 0.15) is 0 Å². The van der Waals surface area contributed by atoms with Crippen LogP contribution in [0.3, 0.4) is 0 Å². The van der Waals surface area contributed by atoms with Crippen LogP contribution >= 0.6 is 0 Å². The Hall–Kier alpha value is -1.72. The largest absolute Gasteiger partial charge is 0.365 e. The highest BCUT2D eigenvalue weighted by Crippen LogP contribution is 1.93. The Morgan fingerprint density at radius 3 is 1.81 bits per heavy atom. The van der Waals surface area contributed by atoms with Crippen LogP contribution in [0.5, 0.6) is 0 Å². The Bertz CT molecular complexity index is 290. The fraction of sp³-hybridized carbons (Fsp3) is 0.600. The molecule has 6 heteroatoms. The highest BCUT2D eigenvalue weighted by Gasteiger charge is 2.07. The summed E-state index contributed by atoms with van der Waals surface area (Å²) in [5.41, 5.74) is 0. The summed E-state index contributed by atoms with van der Waals surface area (Å²) in [5.74, 6) is 1.49. The molecule has 0 saturated carbocycles. The molecule has 0 bridgehead atoms. The second kappa shape index (κ2) is 5.99. The SMILES string of the molecule is C=C(NC(=NC(=N)N(C)C)N(C)C)N(C)C. The van der Waals surface area contributed by atoms with Gasteiger partial charge in [0.25, 0.3) is 0 Å². The van der Waals surface area contributed by atoms with Gasteiger partial charge in [0.05, 0.1) is 0 Å². The molecule has 0 atom stereocenters. The van der Waals surface area contributed by atoms with Gasteiger partial charge in [0.2, 0.25) is 11.9 Å². The third kappa shape index (κ3) is 4.68. The summed E-state index contributed by atoms with van der Waals surface area (Å²) in [7, 11) is 11.1. The Morgan fingerprint density at radius 1 is 1.00 bits per heavy atom. The maximum atomic E-state index is 7.65. The van der Waals surface area contributed by atoms with E-state index in [1.807, 2.05) is 33.1 Å². The van der Waals surface area contributed by atoms with Crippen molar-refractivity contribution in [3.05, 3.63) is 12.4 Å². The second-order valence-corrected chi connectivity index (χ2v) is 4.01. The molecule has 0 rings (SSSR count). The first-order valence-electron chi connectivity index (χ1n) is 4.90. The average molecular weight is 226 g/mol. The number of hydrogen-bond donors (Lipinski definition) is 2. The summed E-state index contributed by atoms with van der Waals surface area (Å²) in [4.78, 5) is 9.42. The van der Waals surface area contributed by atoms with Crippen molar-refractivity contribution >= 4 is 11.9 Å². The molecule has 0 amide bonds. The zero-order valence-electron chi connectivity index (χ0n) is 11.0. The van der Waals surface area contributed by atoms with Gasteiger partial charge in [-0.1, -0.05) is 6.58 Å². The molecule has 6 nitrogen and oxygen atoms in total. The van der Waals surface area contributed by atoms with Crippen LogP contribution in [0.15, 0.2) is 17.4 Å². The summed E-state index contributed by atoms with van der Waals surface area (Å²) < 4.78 is 0. The van der Waals surface area contributed by atoms with Crippen LogP contribution in [-0.2, 0) is 0 Å². The van der Waals surface area contributed by atoms with E-state index in [0.717, 1.165) is 5.82 Å². The lowest BCUT2D eigenvalue weighted by Crippen LogP contribution is -2.40. The van der Waals surface area contributed by atoms with Gasteiger partial charge in [-0.05, 0) is 0 Å². The number of guanidine groups is 2. The first-order valence-corrected chi connectivity index (χ1v) is 4.90. The normalized spacial score (nSPS) is 10.8. The minimum atomic E-state index is 0.183. The Morgan fingerprint density at radius 2 is 1.50 bits per heavy atom. The molecule has 0 unspecified atom stereocenters. The quantitative estimate of drug-likeness (QED) is 0.515. The van der Waals surface area contributed by atoms with E-state index in [9.17, 15) is 0 Å². The zero-order chi connectivity index (χ0) is 12.9. The fourth-order valence-electron chi connectivity index (χ4n) is 0.681. The van der Waals surface area contributed by atoms with Gasteiger partial charge in [0.1, 0.15) is 5.82 Å². The number of aliphatic imine (C=N–C) groups is 1.